The molecule has 0 aliphatic carbocycles. The first-order chi connectivity index (χ1) is 14.7. The molecular formula is C24H29N3O3. The third-order valence-corrected chi connectivity index (χ3v) is 6.13. The summed E-state index contributed by atoms with van der Waals surface area (Å²) >= 11 is 0. The van der Waals surface area contributed by atoms with Crippen LogP contribution in [-0.2, 0) is 11.2 Å². The van der Waals surface area contributed by atoms with Gasteiger partial charge in [-0.2, -0.15) is 0 Å². The molecule has 0 radical (unpaired) electrons. The Morgan fingerprint density at radius 2 is 1.67 bits per heavy atom. The van der Waals surface area contributed by atoms with Crippen LogP contribution in [0.15, 0.2) is 54.6 Å². The van der Waals surface area contributed by atoms with Crippen LogP contribution < -0.4 is 9.64 Å². The van der Waals surface area contributed by atoms with Gasteiger partial charge < -0.3 is 14.5 Å². The lowest BCUT2D eigenvalue weighted by Gasteiger charge is -2.33. The molecule has 6 nitrogen and oxygen atoms in total. The van der Waals surface area contributed by atoms with Crippen LogP contribution in [0.5, 0.6) is 5.75 Å². The number of anilines is 1. The van der Waals surface area contributed by atoms with Crippen LogP contribution in [-0.4, -0.2) is 61.6 Å². The van der Waals surface area contributed by atoms with Crippen LogP contribution in [0.4, 0.5) is 10.5 Å². The quantitative estimate of drug-likeness (QED) is 0.737. The fraction of sp³-hybridized carbons (Fsp3) is 0.417. The highest BCUT2D eigenvalue weighted by atomic mass is 16.5. The number of amides is 3. The summed E-state index contributed by atoms with van der Waals surface area (Å²) in [5.41, 5.74) is 2.11. The summed E-state index contributed by atoms with van der Waals surface area (Å²) in [6.07, 6.45) is 3.10. The molecule has 2 fully saturated rings. The predicted octanol–water partition coefficient (Wildman–Crippen LogP) is 3.42. The minimum absolute atomic E-state index is 0.0448. The number of carbonyl (C=O) groups excluding carboxylic acids is 2. The first-order valence-corrected chi connectivity index (χ1v) is 10.7. The molecule has 3 amide bonds. The Bertz CT molecular complexity index is 878. The van der Waals surface area contributed by atoms with Gasteiger partial charge in [0.25, 0.3) is 0 Å². The molecule has 2 aromatic carbocycles. The number of rotatable bonds is 6. The number of methoxy groups -OCH3 is 1. The predicted molar refractivity (Wildman–Crippen MR) is 117 cm³/mol. The average molecular weight is 408 g/mol. The standard InChI is InChI=1S/C24H29N3O3/c1-30-22-10-6-5-9-21(22)27-16-15-26(24(27)29)18-23(28)25-13-11-20(12-14-25)17-19-7-3-2-4-8-19/h2-10,20H,11-18H2,1H3. The van der Waals surface area contributed by atoms with Gasteiger partial charge >= 0.3 is 6.03 Å². The summed E-state index contributed by atoms with van der Waals surface area (Å²) in [5.74, 6) is 1.33. The summed E-state index contributed by atoms with van der Waals surface area (Å²) in [4.78, 5) is 30.9. The zero-order valence-corrected chi connectivity index (χ0v) is 17.5. The molecule has 2 saturated heterocycles. The lowest BCUT2D eigenvalue weighted by Crippen LogP contribution is -2.45. The largest absolute Gasteiger partial charge is 0.495 e. The molecule has 30 heavy (non-hydrogen) atoms. The second-order valence-electron chi connectivity index (χ2n) is 8.04. The minimum atomic E-state index is -0.133. The summed E-state index contributed by atoms with van der Waals surface area (Å²) in [5, 5.41) is 0. The number of urea groups is 1. The van der Waals surface area contributed by atoms with Crippen molar-refractivity contribution in [1.29, 1.82) is 0 Å². The lowest BCUT2D eigenvalue weighted by molar-refractivity contribution is -0.133. The Kier molecular flexibility index (Phi) is 6.21. The van der Waals surface area contributed by atoms with Crippen LogP contribution in [0.3, 0.4) is 0 Å². The van der Waals surface area contributed by atoms with E-state index < -0.39 is 0 Å². The average Bonchev–Trinajstić information content (AvgIpc) is 3.14. The molecule has 6 heteroatoms. The first-order valence-electron chi connectivity index (χ1n) is 10.7. The van der Waals surface area contributed by atoms with Crippen molar-refractivity contribution in [1.82, 2.24) is 9.80 Å². The van der Waals surface area contributed by atoms with E-state index in [1.807, 2.05) is 35.2 Å². The van der Waals surface area contributed by atoms with E-state index in [0.717, 1.165) is 38.0 Å². The topological polar surface area (TPSA) is 53.1 Å². The van der Waals surface area contributed by atoms with E-state index in [9.17, 15) is 9.59 Å². The SMILES string of the molecule is COc1ccccc1N1CCN(CC(=O)N2CCC(Cc3ccccc3)CC2)C1=O. The van der Waals surface area contributed by atoms with Crippen molar-refractivity contribution in [3.8, 4) is 5.75 Å². The molecule has 0 unspecified atom stereocenters. The molecule has 158 valence electrons. The van der Waals surface area contributed by atoms with Gasteiger partial charge in [-0.1, -0.05) is 42.5 Å². The van der Waals surface area contributed by atoms with Gasteiger partial charge in [0.1, 0.15) is 12.3 Å². The molecule has 0 aromatic heterocycles. The highest BCUT2D eigenvalue weighted by Crippen LogP contribution is 2.30. The number of hydrogen-bond donors (Lipinski definition) is 0. The number of carbonyl (C=O) groups is 2. The Morgan fingerprint density at radius 1 is 0.967 bits per heavy atom. The van der Waals surface area contributed by atoms with Gasteiger partial charge in [0, 0.05) is 26.2 Å². The highest BCUT2D eigenvalue weighted by Gasteiger charge is 2.33. The number of ether oxygens (including phenoxy) is 1. The number of benzene rings is 2. The Hall–Kier alpha value is -3.02. The van der Waals surface area contributed by atoms with E-state index >= 15 is 0 Å². The maximum absolute atomic E-state index is 12.9. The molecule has 0 saturated carbocycles. The van der Waals surface area contributed by atoms with Crippen molar-refractivity contribution < 1.29 is 14.3 Å². The van der Waals surface area contributed by atoms with Crippen molar-refractivity contribution >= 4 is 17.6 Å². The number of likely N-dealkylation sites (tertiary alicyclic amines) is 1. The van der Waals surface area contributed by atoms with Crippen LogP contribution in [0, 0.1) is 5.92 Å². The minimum Gasteiger partial charge on any atom is -0.495 e. The fourth-order valence-corrected chi connectivity index (χ4v) is 4.40. The van der Waals surface area contributed by atoms with E-state index in [0.29, 0.717) is 24.8 Å². The molecule has 0 bridgehead atoms. The zero-order valence-electron chi connectivity index (χ0n) is 17.5. The van der Waals surface area contributed by atoms with Crippen molar-refractivity contribution in [3.05, 3.63) is 60.2 Å². The van der Waals surface area contributed by atoms with Crippen LogP contribution in [0.2, 0.25) is 0 Å². The summed E-state index contributed by atoms with van der Waals surface area (Å²) in [7, 11) is 1.60. The van der Waals surface area contributed by atoms with Gasteiger partial charge in [-0.3, -0.25) is 9.69 Å². The number of para-hydroxylation sites is 2. The second kappa shape index (κ2) is 9.20. The smallest absolute Gasteiger partial charge is 0.325 e. The molecule has 0 atom stereocenters. The Labute approximate surface area is 178 Å². The molecule has 2 aliphatic rings. The Morgan fingerprint density at radius 3 is 2.40 bits per heavy atom. The molecule has 4 rings (SSSR count). The molecule has 0 spiro atoms. The van der Waals surface area contributed by atoms with Crippen molar-refractivity contribution in [2.24, 2.45) is 5.92 Å². The molecular weight excluding hydrogens is 378 g/mol. The fourth-order valence-electron chi connectivity index (χ4n) is 4.40. The Balaban J connectivity index is 1.29. The number of nitrogens with zero attached hydrogens (tertiary/aromatic N) is 3. The van der Waals surface area contributed by atoms with Gasteiger partial charge in [0.15, 0.2) is 0 Å². The van der Waals surface area contributed by atoms with E-state index in [1.165, 1.54) is 5.56 Å². The number of piperidine rings is 1. The zero-order chi connectivity index (χ0) is 20.9. The summed E-state index contributed by atoms with van der Waals surface area (Å²) in [6.45, 7) is 2.80. The van der Waals surface area contributed by atoms with Crippen LogP contribution in [0.25, 0.3) is 0 Å². The highest BCUT2D eigenvalue weighted by molar-refractivity contribution is 5.97. The molecule has 0 N–H and O–H groups in total. The van der Waals surface area contributed by atoms with Crippen molar-refractivity contribution in [2.75, 3.05) is 44.7 Å². The van der Waals surface area contributed by atoms with Gasteiger partial charge in [0.05, 0.1) is 12.8 Å². The van der Waals surface area contributed by atoms with E-state index in [1.54, 1.807) is 16.9 Å². The van der Waals surface area contributed by atoms with Crippen molar-refractivity contribution in [2.45, 2.75) is 19.3 Å². The van der Waals surface area contributed by atoms with Crippen molar-refractivity contribution in [3.63, 3.8) is 0 Å². The summed E-state index contributed by atoms with van der Waals surface area (Å²) in [6, 6.07) is 17.9. The van der Waals surface area contributed by atoms with Gasteiger partial charge in [0.2, 0.25) is 5.91 Å². The van der Waals surface area contributed by atoms with Gasteiger partial charge in [-0.25, -0.2) is 4.79 Å². The maximum atomic E-state index is 12.9. The lowest BCUT2D eigenvalue weighted by atomic mass is 9.90. The first kappa shape index (κ1) is 20.3. The molecule has 2 aromatic rings. The third-order valence-electron chi connectivity index (χ3n) is 6.13. The maximum Gasteiger partial charge on any atom is 0.325 e. The normalized spacial score (nSPS) is 17.5. The van der Waals surface area contributed by atoms with Crippen LogP contribution >= 0.6 is 0 Å². The van der Waals surface area contributed by atoms with Crippen LogP contribution in [0.1, 0.15) is 18.4 Å². The van der Waals surface area contributed by atoms with E-state index in [2.05, 4.69) is 24.3 Å². The van der Waals surface area contributed by atoms with Gasteiger partial charge in [-0.05, 0) is 42.9 Å². The molecule has 2 aliphatic heterocycles. The van der Waals surface area contributed by atoms with E-state index in [4.69, 9.17) is 4.74 Å². The second-order valence-corrected chi connectivity index (χ2v) is 8.04. The monoisotopic (exact) mass is 407 g/mol. The van der Waals surface area contributed by atoms with Gasteiger partial charge in [-0.15, -0.1) is 0 Å². The third kappa shape index (κ3) is 4.42. The summed E-state index contributed by atoms with van der Waals surface area (Å²) < 4.78 is 5.38. The molecule has 2 heterocycles. The van der Waals surface area contributed by atoms with E-state index in [-0.39, 0.29) is 18.5 Å². The number of hydrogen-bond acceptors (Lipinski definition) is 3.